The Hall–Kier alpha value is -2.04. The molecule has 2 aromatic heterocycles. The summed E-state index contributed by atoms with van der Waals surface area (Å²) in [6.07, 6.45) is 2.36. The van der Waals surface area contributed by atoms with Crippen molar-refractivity contribution in [2.24, 2.45) is 0 Å². The molecule has 5 nitrogen and oxygen atoms in total. The van der Waals surface area contributed by atoms with E-state index >= 15 is 0 Å². The maximum absolute atomic E-state index is 10.3. The Morgan fingerprint density at radius 1 is 1.57 bits per heavy atom. The monoisotopic (exact) mass is 191 g/mol. The van der Waals surface area contributed by atoms with E-state index in [1.165, 1.54) is 0 Å². The lowest BCUT2D eigenvalue weighted by Crippen LogP contribution is -2.21. The highest BCUT2D eigenvalue weighted by Gasteiger charge is 2.01. The number of nitrogens with zero attached hydrogens (tertiary/aromatic N) is 2. The molecule has 1 amide bonds. The van der Waals surface area contributed by atoms with E-state index in [2.05, 4.69) is 10.3 Å². The van der Waals surface area contributed by atoms with E-state index in [0.29, 0.717) is 0 Å². The first kappa shape index (κ1) is 8.55. The van der Waals surface area contributed by atoms with Gasteiger partial charge in [0.1, 0.15) is 0 Å². The highest BCUT2D eigenvalue weighted by atomic mass is 16.4. The molecule has 2 heterocycles. The molecule has 72 valence electrons. The van der Waals surface area contributed by atoms with Crippen molar-refractivity contribution in [1.82, 2.24) is 14.7 Å². The first-order chi connectivity index (χ1) is 6.77. The fraction of sp³-hybridized carbons (Fsp3) is 0.111. The van der Waals surface area contributed by atoms with Gasteiger partial charge in [-0.1, -0.05) is 6.07 Å². The van der Waals surface area contributed by atoms with Gasteiger partial charge in [-0.15, -0.1) is 0 Å². The summed E-state index contributed by atoms with van der Waals surface area (Å²) >= 11 is 0. The molecule has 0 atom stereocenters. The van der Waals surface area contributed by atoms with Gasteiger partial charge in [0, 0.05) is 5.69 Å². The van der Waals surface area contributed by atoms with Gasteiger partial charge < -0.3 is 14.8 Å². The van der Waals surface area contributed by atoms with Crippen molar-refractivity contribution in [3.63, 3.8) is 0 Å². The van der Waals surface area contributed by atoms with Gasteiger partial charge in [-0.3, -0.25) is 0 Å². The van der Waals surface area contributed by atoms with Gasteiger partial charge in [0.15, 0.2) is 0 Å². The standard InChI is InChI=1S/C9H9N3O2/c13-9(14)11-5-8-3-1-2-7-4-10-6-12(7)8/h1-4,6,11H,5H2,(H,13,14). The van der Waals surface area contributed by atoms with E-state index in [-0.39, 0.29) is 6.54 Å². The number of aromatic nitrogens is 2. The maximum Gasteiger partial charge on any atom is 0.404 e. The molecular formula is C9H9N3O2. The molecule has 5 heteroatoms. The molecule has 2 N–H and O–H groups in total. The number of amides is 1. The van der Waals surface area contributed by atoms with Gasteiger partial charge in [0.2, 0.25) is 0 Å². The Morgan fingerprint density at radius 2 is 2.43 bits per heavy atom. The molecule has 0 aliphatic carbocycles. The molecule has 0 fully saturated rings. The molecule has 2 rings (SSSR count). The van der Waals surface area contributed by atoms with Gasteiger partial charge in [0.05, 0.1) is 24.6 Å². The Morgan fingerprint density at radius 3 is 3.21 bits per heavy atom. The number of nitrogens with one attached hydrogen (secondary N) is 1. The molecule has 14 heavy (non-hydrogen) atoms. The SMILES string of the molecule is O=C(O)NCc1cccc2cncn12. The fourth-order valence-electron chi connectivity index (χ4n) is 1.32. The number of rotatable bonds is 2. The van der Waals surface area contributed by atoms with Crippen LogP contribution < -0.4 is 5.32 Å². The predicted octanol–water partition coefficient (Wildman–Crippen LogP) is 1.10. The van der Waals surface area contributed by atoms with Gasteiger partial charge in [-0.2, -0.15) is 0 Å². The van der Waals surface area contributed by atoms with E-state index in [9.17, 15) is 4.79 Å². The highest BCUT2D eigenvalue weighted by Crippen LogP contribution is 2.06. The number of fused-ring (bicyclic) bond motifs is 1. The van der Waals surface area contributed by atoms with E-state index in [0.717, 1.165) is 11.2 Å². The highest BCUT2D eigenvalue weighted by molar-refractivity contribution is 5.64. The molecular weight excluding hydrogens is 182 g/mol. The molecule has 2 aromatic rings. The zero-order valence-corrected chi connectivity index (χ0v) is 7.34. The van der Waals surface area contributed by atoms with Gasteiger partial charge in [-0.05, 0) is 12.1 Å². The van der Waals surface area contributed by atoms with E-state index < -0.39 is 6.09 Å². The van der Waals surface area contributed by atoms with Crippen LogP contribution in [0.2, 0.25) is 0 Å². The summed E-state index contributed by atoms with van der Waals surface area (Å²) in [5.41, 5.74) is 1.82. The molecule has 0 unspecified atom stereocenters. The van der Waals surface area contributed by atoms with E-state index in [4.69, 9.17) is 5.11 Å². The molecule has 0 spiro atoms. The summed E-state index contributed by atoms with van der Waals surface area (Å²) in [6, 6.07) is 5.64. The zero-order chi connectivity index (χ0) is 9.97. The lowest BCUT2D eigenvalue weighted by molar-refractivity contribution is 0.193. The van der Waals surface area contributed by atoms with Crippen molar-refractivity contribution < 1.29 is 9.90 Å². The van der Waals surface area contributed by atoms with Crippen molar-refractivity contribution in [2.75, 3.05) is 0 Å². The number of imidazole rings is 1. The van der Waals surface area contributed by atoms with Crippen LogP contribution >= 0.6 is 0 Å². The average molecular weight is 191 g/mol. The summed E-state index contributed by atoms with van der Waals surface area (Å²) < 4.78 is 1.84. The largest absolute Gasteiger partial charge is 0.465 e. The second kappa shape index (κ2) is 3.37. The first-order valence-corrected chi connectivity index (χ1v) is 4.14. The molecule has 0 saturated heterocycles. The zero-order valence-electron chi connectivity index (χ0n) is 7.34. The fourth-order valence-corrected chi connectivity index (χ4v) is 1.32. The lowest BCUT2D eigenvalue weighted by Gasteiger charge is -2.04. The van der Waals surface area contributed by atoms with Crippen LogP contribution in [0.15, 0.2) is 30.7 Å². The van der Waals surface area contributed by atoms with Crippen LogP contribution in [0.4, 0.5) is 4.79 Å². The molecule has 0 radical (unpaired) electrons. The van der Waals surface area contributed by atoms with Crippen LogP contribution in [0.1, 0.15) is 5.69 Å². The average Bonchev–Trinajstić information content (AvgIpc) is 2.62. The predicted molar refractivity (Wildman–Crippen MR) is 50.1 cm³/mol. The third-order valence-electron chi connectivity index (χ3n) is 1.95. The van der Waals surface area contributed by atoms with Crippen LogP contribution in [0.5, 0.6) is 0 Å². The van der Waals surface area contributed by atoms with Crippen molar-refractivity contribution in [3.8, 4) is 0 Å². The summed E-state index contributed by atoms with van der Waals surface area (Å²) in [7, 11) is 0. The van der Waals surface area contributed by atoms with Crippen molar-refractivity contribution in [2.45, 2.75) is 6.54 Å². The molecule has 0 aliphatic heterocycles. The molecule has 0 saturated carbocycles. The van der Waals surface area contributed by atoms with Gasteiger partial charge >= 0.3 is 6.09 Å². The summed E-state index contributed by atoms with van der Waals surface area (Å²) in [5.74, 6) is 0. The van der Waals surface area contributed by atoms with Gasteiger partial charge in [0.25, 0.3) is 0 Å². The summed E-state index contributed by atoms with van der Waals surface area (Å²) in [4.78, 5) is 14.3. The Labute approximate surface area is 80.0 Å². The quantitative estimate of drug-likeness (QED) is 0.747. The Bertz CT molecular complexity index is 464. The van der Waals surface area contributed by atoms with Gasteiger partial charge in [-0.25, -0.2) is 9.78 Å². The number of hydrogen-bond acceptors (Lipinski definition) is 2. The smallest absolute Gasteiger partial charge is 0.404 e. The second-order valence-electron chi connectivity index (χ2n) is 2.86. The van der Waals surface area contributed by atoms with Crippen LogP contribution in [0, 0.1) is 0 Å². The summed E-state index contributed by atoms with van der Waals surface area (Å²) in [6.45, 7) is 0.281. The maximum atomic E-state index is 10.3. The number of carbonyl (C=O) groups is 1. The minimum Gasteiger partial charge on any atom is -0.465 e. The number of pyridine rings is 1. The topological polar surface area (TPSA) is 66.6 Å². The van der Waals surface area contributed by atoms with Crippen LogP contribution in [0.3, 0.4) is 0 Å². The second-order valence-corrected chi connectivity index (χ2v) is 2.86. The van der Waals surface area contributed by atoms with Crippen LogP contribution in [-0.2, 0) is 6.54 Å². The minimum atomic E-state index is -1.03. The van der Waals surface area contributed by atoms with E-state index in [1.54, 1.807) is 12.5 Å². The third kappa shape index (κ3) is 1.52. The van der Waals surface area contributed by atoms with Crippen LogP contribution in [0.25, 0.3) is 5.52 Å². The normalized spacial score (nSPS) is 10.3. The summed E-state index contributed by atoms with van der Waals surface area (Å²) in [5, 5.41) is 10.8. The first-order valence-electron chi connectivity index (χ1n) is 4.14. The van der Waals surface area contributed by atoms with Crippen molar-refractivity contribution in [3.05, 3.63) is 36.4 Å². The van der Waals surface area contributed by atoms with Crippen molar-refractivity contribution >= 4 is 11.6 Å². The minimum absolute atomic E-state index is 0.281. The van der Waals surface area contributed by atoms with Crippen molar-refractivity contribution in [1.29, 1.82) is 0 Å². The van der Waals surface area contributed by atoms with E-state index in [1.807, 2.05) is 22.6 Å². The number of carboxylic acid groups (broad SMARTS) is 1. The van der Waals surface area contributed by atoms with Crippen LogP contribution in [-0.4, -0.2) is 20.6 Å². The third-order valence-corrected chi connectivity index (χ3v) is 1.95. The molecule has 0 aromatic carbocycles. The lowest BCUT2D eigenvalue weighted by atomic mass is 10.3. The number of hydrogen-bond donors (Lipinski definition) is 2. The molecule has 0 aliphatic rings. The molecule has 0 bridgehead atoms. The Balaban J connectivity index is 2.32. The Kier molecular flexibility index (Phi) is 2.06.